The Morgan fingerprint density at radius 3 is 2.03 bits per heavy atom. The number of rotatable bonds is 10. The topological polar surface area (TPSA) is 85.0 Å². The van der Waals surface area contributed by atoms with Gasteiger partial charge in [-0.25, -0.2) is 4.79 Å². The van der Waals surface area contributed by atoms with E-state index in [0.717, 1.165) is 4.90 Å². The summed E-state index contributed by atoms with van der Waals surface area (Å²) in [5.74, 6) is 0. The lowest BCUT2D eigenvalue weighted by atomic mass is 9.89. The van der Waals surface area contributed by atoms with Crippen molar-refractivity contribution >= 4 is 17.7 Å². The molecule has 0 saturated carbocycles. The number of carbonyl (C=O) groups is 1. The highest BCUT2D eigenvalue weighted by atomic mass is 35.5. The van der Waals surface area contributed by atoms with Crippen molar-refractivity contribution in [2.45, 2.75) is 30.9 Å². The molecule has 36 heavy (non-hydrogen) atoms. The largest absolute Gasteiger partial charge is 0.433 e. The number of halogens is 7. The number of hydrogen-bond acceptors (Lipinski definition) is 5. The maximum absolute atomic E-state index is 13.3. The summed E-state index contributed by atoms with van der Waals surface area (Å²) in [7, 11) is 0. The van der Waals surface area contributed by atoms with Crippen LogP contribution in [0.25, 0.3) is 0 Å². The molecule has 2 atom stereocenters. The normalized spacial score (nSPS) is 14.7. The molecule has 2 aromatic carbocycles. The van der Waals surface area contributed by atoms with Crippen molar-refractivity contribution in [3.05, 3.63) is 70.8 Å². The van der Waals surface area contributed by atoms with E-state index in [-0.39, 0.29) is 19.2 Å². The van der Waals surface area contributed by atoms with Crippen LogP contribution in [0.5, 0.6) is 0 Å². The Labute approximate surface area is 208 Å². The number of nitrogens with two attached hydrogens (primary N) is 1. The van der Waals surface area contributed by atoms with Crippen LogP contribution in [0.4, 0.5) is 31.1 Å². The molecule has 0 bridgehead atoms. The van der Waals surface area contributed by atoms with Crippen LogP contribution in [-0.2, 0) is 27.4 Å². The van der Waals surface area contributed by atoms with Crippen molar-refractivity contribution in [3.63, 3.8) is 0 Å². The minimum absolute atomic E-state index is 0.0172. The highest BCUT2D eigenvalue weighted by Gasteiger charge is 2.43. The zero-order valence-electron chi connectivity index (χ0n) is 19.1. The van der Waals surface area contributed by atoms with Gasteiger partial charge >= 0.3 is 18.4 Å². The average Bonchev–Trinajstić information content (AvgIpc) is 2.83. The molecule has 0 saturated heterocycles. The van der Waals surface area contributed by atoms with E-state index in [2.05, 4.69) is 0 Å². The molecular weight excluding hydrogens is 518 g/mol. The van der Waals surface area contributed by atoms with E-state index in [1.54, 1.807) is 30.3 Å². The number of aliphatic hydroxyl groups excluding tert-OH is 1. The second-order valence-corrected chi connectivity index (χ2v) is 8.03. The van der Waals surface area contributed by atoms with E-state index >= 15 is 0 Å². The number of amides is 1. The summed E-state index contributed by atoms with van der Waals surface area (Å²) in [5, 5.41) is 10.4. The monoisotopic (exact) mass is 542 g/mol. The standard InChI is InChI=1S/C23H25ClF6N2O4/c1-15(16-9-18(22(25,26)27)11-19(10-16)23(28,29)30)35-13-21(12-33,17-5-3-2-4-6-17)32(8-7-31)20(34)36-14-24/h2-6,9-11,15,33H,7-8,12-14,31H2,1H3/t15-,21-/m1/s1. The second kappa shape index (κ2) is 12.1. The highest BCUT2D eigenvalue weighted by Crippen LogP contribution is 2.39. The number of benzene rings is 2. The van der Waals surface area contributed by atoms with E-state index in [1.807, 2.05) is 0 Å². The van der Waals surface area contributed by atoms with Gasteiger partial charge in [-0.3, -0.25) is 4.90 Å². The number of carbonyl (C=O) groups excluding carboxylic acids is 1. The van der Waals surface area contributed by atoms with Crippen molar-refractivity contribution in [1.82, 2.24) is 4.90 Å². The van der Waals surface area contributed by atoms with Crippen LogP contribution in [0.3, 0.4) is 0 Å². The Morgan fingerprint density at radius 1 is 1.03 bits per heavy atom. The molecule has 0 radical (unpaired) electrons. The van der Waals surface area contributed by atoms with Gasteiger partial charge in [0.2, 0.25) is 0 Å². The molecule has 0 heterocycles. The van der Waals surface area contributed by atoms with Crippen molar-refractivity contribution in [2.24, 2.45) is 5.73 Å². The molecule has 0 unspecified atom stereocenters. The number of hydrogen-bond donors (Lipinski definition) is 2. The molecule has 0 aromatic heterocycles. The Balaban J connectivity index is 2.51. The molecule has 0 fully saturated rings. The predicted octanol–water partition coefficient (Wildman–Crippen LogP) is 5.28. The van der Waals surface area contributed by atoms with Crippen LogP contribution < -0.4 is 5.73 Å². The molecule has 2 aromatic rings. The van der Waals surface area contributed by atoms with Gasteiger partial charge in [-0.15, -0.1) is 0 Å². The molecule has 1 amide bonds. The molecule has 0 spiro atoms. The van der Waals surface area contributed by atoms with Crippen molar-refractivity contribution in [1.29, 1.82) is 0 Å². The Bertz CT molecular complexity index is 974. The van der Waals surface area contributed by atoms with Crippen LogP contribution in [0.15, 0.2) is 48.5 Å². The Hall–Kier alpha value is -2.54. The summed E-state index contributed by atoms with van der Waals surface area (Å²) in [6, 6.07) is 8.63. The molecular formula is C23H25ClF6N2O4. The second-order valence-electron chi connectivity index (χ2n) is 7.81. The van der Waals surface area contributed by atoms with E-state index in [4.69, 9.17) is 26.8 Å². The fraction of sp³-hybridized carbons (Fsp3) is 0.435. The van der Waals surface area contributed by atoms with Gasteiger partial charge in [-0.1, -0.05) is 41.9 Å². The number of nitrogens with zero attached hydrogens (tertiary/aromatic N) is 1. The molecule has 2 rings (SSSR count). The minimum Gasteiger partial charge on any atom is -0.433 e. The van der Waals surface area contributed by atoms with E-state index in [0.29, 0.717) is 17.7 Å². The van der Waals surface area contributed by atoms with Crippen LogP contribution in [0.2, 0.25) is 0 Å². The molecule has 200 valence electrons. The molecule has 0 aliphatic carbocycles. The fourth-order valence-corrected chi connectivity index (χ4v) is 3.69. The first-order valence-corrected chi connectivity index (χ1v) is 11.1. The van der Waals surface area contributed by atoms with Crippen LogP contribution in [0, 0.1) is 0 Å². The lowest BCUT2D eigenvalue weighted by molar-refractivity contribution is -0.143. The molecule has 6 nitrogen and oxygen atoms in total. The Kier molecular flexibility index (Phi) is 10.0. The predicted molar refractivity (Wildman–Crippen MR) is 119 cm³/mol. The van der Waals surface area contributed by atoms with Crippen molar-refractivity contribution in [3.8, 4) is 0 Å². The van der Waals surface area contributed by atoms with Crippen molar-refractivity contribution in [2.75, 3.05) is 32.4 Å². The van der Waals surface area contributed by atoms with Crippen LogP contribution in [0.1, 0.15) is 35.3 Å². The van der Waals surface area contributed by atoms with E-state index < -0.39 is 66.1 Å². The summed E-state index contributed by atoms with van der Waals surface area (Å²) < 4.78 is 90.3. The zero-order valence-corrected chi connectivity index (χ0v) is 19.8. The molecule has 3 N–H and O–H groups in total. The lowest BCUT2D eigenvalue weighted by Crippen LogP contribution is -2.56. The van der Waals surface area contributed by atoms with Gasteiger partial charge in [0.1, 0.15) is 5.54 Å². The molecule has 0 aliphatic heterocycles. The maximum atomic E-state index is 13.3. The fourth-order valence-electron chi connectivity index (χ4n) is 3.59. The van der Waals surface area contributed by atoms with E-state index in [1.165, 1.54) is 6.92 Å². The number of ether oxygens (including phenoxy) is 2. The maximum Gasteiger partial charge on any atom is 0.416 e. The number of aliphatic hydroxyl groups is 1. The molecule has 0 aliphatic rings. The number of alkyl halides is 7. The minimum atomic E-state index is -5.03. The SMILES string of the molecule is C[C@@H](OC[C@](CO)(c1ccccc1)N(CCN)C(=O)OCCl)c1cc(C(F)(F)F)cc(C(F)(F)F)c1. The molecule has 13 heteroatoms. The first-order valence-electron chi connectivity index (χ1n) is 10.6. The summed E-state index contributed by atoms with van der Waals surface area (Å²) in [6.45, 7) is -0.205. The van der Waals surface area contributed by atoms with Gasteiger partial charge in [-0.2, -0.15) is 26.3 Å². The first kappa shape index (κ1) is 29.7. The summed E-state index contributed by atoms with van der Waals surface area (Å²) in [4.78, 5) is 13.7. The van der Waals surface area contributed by atoms with Gasteiger partial charge < -0.3 is 20.3 Å². The van der Waals surface area contributed by atoms with Gasteiger partial charge in [0.05, 0.1) is 30.4 Å². The first-order chi connectivity index (χ1) is 16.8. The summed E-state index contributed by atoms with van der Waals surface area (Å²) >= 11 is 5.51. The third-order valence-electron chi connectivity index (χ3n) is 5.49. The smallest absolute Gasteiger partial charge is 0.416 e. The Morgan fingerprint density at radius 2 is 1.58 bits per heavy atom. The van der Waals surface area contributed by atoms with Gasteiger partial charge in [-0.05, 0) is 36.2 Å². The van der Waals surface area contributed by atoms with Crippen LogP contribution in [-0.4, -0.2) is 48.5 Å². The van der Waals surface area contributed by atoms with Gasteiger partial charge in [0.25, 0.3) is 0 Å². The van der Waals surface area contributed by atoms with Crippen molar-refractivity contribution < 1.29 is 45.7 Å². The van der Waals surface area contributed by atoms with Gasteiger partial charge in [0.15, 0.2) is 6.07 Å². The average molecular weight is 543 g/mol. The third kappa shape index (κ3) is 7.02. The van der Waals surface area contributed by atoms with E-state index in [9.17, 15) is 36.2 Å². The summed E-state index contributed by atoms with van der Waals surface area (Å²) in [5.41, 5.74) is 0.972. The summed E-state index contributed by atoms with van der Waals surface area (Å²) in [6.07, 6.45) is -12.3. The van der Waals surface area contributed by atoms with Gasteiger partial charge in [0, 0.05) is 13.1 Å². The third-order valence-corrected chi connectivity index (χ3v) is 5.60. The lowest BCUT2D eigenvalue weighted by Gasteiger charge is -2.42. The van der Waals surface area contributed by atoms with Crippen LogP contribution >= 0.6 is 11.6 Å². The zero-order chi connectivity index (χ0) is 27.1. The highest BCUT2D eigenvalue weighted by molar-refractivity contribution is 6.17. The quantitative estimate of drug-likeness (QED) is 0.315.